The Morgan fingerprint density at radius 2 is 1.91 bits per heavy atom. The highest BCUT2D eigenvalue weighted by molar-refractivity contribution is 7.91. The van der Waals surface area contributed by atoms with Crippen molar-refractivity contribution >= 4 is 48.8 Å². The number of pyridine rings is 1. The topological polar surface area (TPSA) is 85.4 Å². The maximum atomic E-state index is 13.2. The third-order valence-corrected chi connectivity index (χ3v) is 8.00. The molecule has 0 aliphatic heterocycles. The van der Waals surface area contributed by atoms with Crippen LogP contribution >= 0.6 is 22.9 Å². The summed E-state index contributed by atoms with van der Waals surface area (Å²) in [5, 5.41) is 4.15. The zero-order valence-electron chi connectivity index (χ0n) is 17.7. The number of rotatable bonds is 8. The molecule has 0 aliphatic rings. The van der Waals surface area contributed by atoms with E-state index >= 15 is 0 Å². The van der Waals surface area contributed by atoms with E-state index in [4.69, 9.17) is 16.3 Å². The lowest BCUT2D eigenvalue weighted by atomic mass is 10.2. The second-order valence-electron chi connectivity index (χ2n) is 7.29. The molecule has 1 N–H and O–H groups in total. The fourth-order valence-corrected chi connectivity index (χ4v) is 5.81. The first-order valence-electron chi connectivity index (χ1n) is 10.3. The molecule has 0 saturated carbocycles. The molecular weight excluding hydrogens is 480 g/mol. The SMILES string of the molecule is CCCOc1ccc(Cl)cc1S(=O)(=O)c1ccc(CNC(=O)c2cc3ccncc3s2)cc1. The number of amides is 1. The molecule has 0 aliphatic carbocycles. The lowest BCUT2D eigenvalue weighted by molar-refractivity contribution is 0.0955. The van der Waals surface area contributed by atoms with Gasteiger partial charge in [-0.25, -0.2) is 8.42 Å². The number of carbonyl (C=O) groups excluding carboxylic acids is 1. The van der Waals surface area contributed by atoms with Crippen LogP contribution in [-0.2, 0) is 16.4 Å². The average Bonchev–Trinajstić information content (AvgIpc) is 3.26. The summed E-state index contributed by atoms with van der Waals surface area (Å²) in [4.78, 5) is 17.3. The lowest BCUT2D eigenvalue weighted by Crippen LogP contribution is -2.21. The van der Waals surface area contributed by atoms with Crippen LogP contribution in [-0.4, -0.2) is 25.9 Å². The van der Waals surface area contributed by atoms with Crippen LogP contribution in [0.1, 0.15) is 28.6 Å². The second kappa shape index (κ2) is 9.91. The Kier molecular flexibility index (Phi) is 6.97. The first-order chi connectivity index (χ1) is 15.9. The van der Waals surface area contributed by atoms with Crippen LogP contribution in [0.2, 0.25) is 5.02 Å². The Bertz CT molecular complexity index is 1370. The number of nitrogens with one attached hydrogen (secondary N) is 1. The highest BCUT2D eigenvalue weighted by Crippen LogP contribution is 2.32. The largest absolute Gasteiger partial charge is 0.492 e. The summed E-state index contributed by atoms with van der Waals surface area (Å²) in [6.45, 7) is 2.62. The minimum atomic E-state index is -3.83. The van der Waals surface area contributed by atoms with Gasteiger partial charge in [-0.15, -0.1) is 11.3 Å². The van der Waals surface area contributed by atoms with Crippen molar-refractivity contribution in [2.75, 3.05) is 6.61 Å². The molecule has 9 heteroatoms. The van der Waals surface area contributed by atoms with E-state index in [0.29, 0.717) is 16.5 Å². The molecule has 4 rings (SSSR count). The molecule has 1 amide bonds. The van der Waals surface area contributed by atoms with E-state index in [9.17, 15) is 13.2 Å². The Hall–Kier alpha value is -2.94. The summed E-state index contributed by atoms with van der Waals surface area (Å²) in [6.07, 6.45) is 4.17. The summed E-state index contributed by atoms with van der Waals surface area (Å²) in [5.41, 5.74) is 0.777. The number of sulfone groups is 1. The number of ether oxygens (including phenoxy) is 1. The number of carbonyl (C=O) groups is 1. The molecular formula is C24H21ClN2O4S2. The maximum Gasteiger partial charge on any atom is 0.261 e. The second-order valence-corrected chi connectivity index (χ2v) is 10.7. The third kappa shape index (κ3) is 5.19. The van der Waals surface area contributed by atoms with Crippen LogP contribution in [0.5, 0.6) is 5.75 Å². The van der Waals surface area contributed by atoms with E-state index in [1.807, 2.05) is 19.1 Å². The molecule has 6 nitrogen and oxygen atoms in total. The molecule has 0 spiro atoms. The molecule has 170 valence electrons. The molecule has 0 atom stereocenters. The predicted molar refractivity (Wildman–Crippen MR) is 130 cm³/mol. The van der Waals surface area contributed by atoms with Gasteiger partial charge in [0.2, 0.25) is 9.84 Å². The molecule has 0 radical (unpaired) electrons. The van der Waals surface area contributed by atoms with E-state index in [0.717, 1.165) is 22.1 Å². The van der Waals surface area contributed by atoms with Gasteiger partial charge in [-0.1, -0.05) is 30.7 Å². The van der Waals surface area contributed by atoms with Crippen molar-refractivity contribution in [1.29, 1.82) is 0 Å². The van der Waals surface area contributed by atoms with Gasteiger partial charge < -0.3 is 10.1 Å². The average molecular weight is 501 g/mol. The number of nitrogens with zero attached hydrogens (tertiary/aromatic N) is 1. The van der Waals surface area contributed by atoms with E-state index in [2.05, 4.69) is 10.3 Å². The Balaban J connectivity index is 1.48. The van der Waals surface area contributed by atoms with Crippen LogP contribution in [0.4, 0.5) is 0 Å². The summed E-state index contributed by atoms with van der Waals surface area (Å²) < 4.78 is 33.0. The lowest BCUT2D eigenvalue weighted by Gasteiger charge is -2.12. The molecule has 2 aromatic heterocycles. The number of fused-ring (bicyclic) bond motifs is 1. The molecule has 0 bridgehead atoms. The summed E-state index contributed by atoms with van der Waals surface area (Å²) in [7, 11) is -3.83. The van der Waals surface area contributed by atoms with Gasteiger partial charge in [0.1, 0.15) is 10.6 Å². The number of halogens is 1. The van der Waals surface area contributed by atoms with Crippen molar-refractivity contribution in [3.8, 4) is 5.75 Å². The number of hydrogen-bond donors (Lipinski definition) is 1. The Morgan fingerprint density at radius 3 is 2.64 bits per heavy atom. The van der Waals surface area contributed by atoms with Gasteiger partial charge in [0.25, 0.3) is 5.91 Å². The number of thiophene rings is 1. The van der Waals surface area contributed by atoms with Crippen LogP contribution in [0.15, 0.2) is 76.8 Å². The first-order valence-corrected chi connectivity index (χ1v) is 12.9. The molecule has 0 saturated heterocycles. The van der Waals surface area contributed by atoms with Crippen molar-refractivity contribution in [3.05, 3.63) is 82.5 Å². The highest BCUT2D eigenvalue weighted by atomic mass is 35.5. The normalized spacial score (nSPS) is 11.5. The predicted octanol–water partition coefficient (Wildman–Crippen LogP) is 5.50. The third-order valence-electron chi connectivity index (χ3n) is 4.89. The number of hydrogen-bond acceptors (Lipinski definition) is 6. The van der Waals surface area contributed by atoms with Gasteiger partial charge in [0.15, 0.2) is 0 Å². The smallest absolute Gasteiger partial charge is 0.261 e. The van der Waals surface area contributed by atoms with Crippen molar-refractivity contribution < 1.29 is 17.9 Å². The molecule has 0 unspecified atom stereocenters. The van der Waals surface area contributed by atoms with Crippen molar-refractivity contribution in [3.63, 3.8) is 0 Å². The Labute approximate surface area is 201 Å². The highest BCUT2D eigenvalue weighted by Gasteiger charge is 2.23. The van der Waals surface area contributed by atoms with Crippen molar-refractivity contribution in [2.45, 2.75) is 29.7 Å². The van der Waals surface area contributed by atoms with Gasteiger partial charge >= 0.3 is 0 Å². The van der Waals surface area contributed by atoms with Gasteiger partial charge in [0.05, 0.1) is 21.1 Å². The minimum absolute atomic E-state index is 0.0313. The van der Waals surface area contributed by atoms with E-state index in [-0.39, 0.29) is 28.0 Å². The monoisotopic (exact) mass is 500 g/mol. The summed E-state index contributed by atoms with van der Waals surface area (Å²) >= 11 is 7.43. The van der Waals surface area contributed by atoms with Gasteiger partial charge in [0, 0.05) is 24.0 Å². The first kappa shape index (κ1) is 23.2. The van der Waals surface area contributed by atoms with E-state index < -0.39 is 9.84 Å². The molecule has 2 heterocycles. The zero-order chi connectivity index (χ0) is 23.4. The van der Waals surface area contributed by atoms with Crippen LogP contribution in [0.25, 0.3) is 10.1 Å². The zero-order valence-corrected chi connectivity index (χ0v) is 20.1. The minimum Gasteiger partial charge on any atom is -0.492 e. The molecule has 0 fully saturated rings. The molecule has 33 heavy (non-hydrogen) atoms. The fourth-order valence-electron chi connectivity index (χ4n) is 3.20. The quantitative estimate of drug-likeness (QED) is 0.345. The van der Waals surface area contributed by atoms with E-state index in [1.54, 1.807) is 36.7 Å². The molecule has 2 aromatic carbocycles. The van der Waals surface area contributed by atoms with Crippen LogP contribution < -0.4 is 10.1 Å². The number of aromatic nitrogens is 1. The number of benzene rings is 2. The van der Waals surface area contributed by atoms with Crippen molar-refractivity contribution in [1.82, 2.24) is 10.3 Å². The van der Waals surface area contributed by atoms with Gasteiger partial charge in [-0.2, -0.15) is 0 Å². The molecule has 4 aromatic rings. The van der Waals surface area contributed by atoms with E-state index in [1.165, 1.54) is 29.5 Å². The van der Waals surface area contributed by atoms with Gasteiger partial charge in [-0.05, 0) is 59.8 Å². The van der Waals surface area contributed by atoms with Crippen molar-refractivity contribution in [2.24, 2.45) is 0 Å². The van der Waals surface area contributed by atoms with Crippen LogP contribution in [0, 0.1) is 0 Å². The Morgan fingerprint density at radius 1 is 1.12 bits per heavy atom. The fraction of sp³-hybridized carbons (Fsp3) is 0.167. The van der Waals surface area contributed by atoms with Crippen LogP contribution in [0.3, 0.4) is 0 Å². The maximum absolute atomic E-state index is 13.2. The standard InChI is InChI=1S/C24H21ClN2O4S2/c1-2-11-31-20-8-5-18(25)13-23(20)33(29,30)19-6-3-16(4-7-19)14-27-24(28)21-12-17-9-10-26-15-22(17)32-21/h3-10,12-13,15H,2,11,14H2,1H3,(H,27,28). The van der Waals surface area contributed by atoms with Gasteiger partial charge in [-0.3, -0.25) is 9.78 Å². The summed E-state index contributed by atoms with van der Waals surface area (Å²) in [6, 6.07) is 14.7. The summed E-state index contributed by atoms with van der Waals surface area (Å²) in [5.74, 6) is 0.0839.